The first kappa shape index (κ1) is 14.1. The number of aliphatic carboxylic acids is 1. The summed E-state index contributed by atoms with van der Waals surface area (Å²) in [7, 11) is 0. The predicted molar refractivity (Wildman–Crippen MR) is 72.7 cm³/mol. The van der Waals surface area contributed by atoms with Crippen LogP contribution in [0.3, 0.4) is 0 Å². The Balaban J connectivity index is 2.48. The minimum absolute atomic E-state index is 0.117. The van der Waals surface area contributed by atoms with E-state index in [-0.39, 0.29) is 13.0 Å². The zero-order valence-electron chi connectivity index (χ0n) is 10.8. The van der Waals surface area contributed by atoms with Crippen LogP contribution in [0.15, 0.2) is 48.8 Å². The van der Waals surface area contributed by atoms with E-state index >= 15 is 0 Å². The fraction of sp³-hybridized carbons (Fsp3) is 0.200. The highest BCUT2D eigenvalue weighted by Gasteiger charge is 2.39. The van der Waals surface area contributed by atoms with Gasteiger partial charge in [0.05, 0.1) is 0 Å². The van der Waals surface area contributed by atoms with Crippen molar-refractivity contribution in [2.24, 2.45) is 5.73 Å². The van der Waals surface area contributed by atoms with Crippen LogP contribution in [0.5, 0.6) is 0 Å². The Hall–Kier alpha value is -2.27. The van der Waals surface area contributed by atoms with E-state index in [0.29, 0.717) is 5.56 Å². The van der Waals surface area contributed by atoms with Crippen molar-refractivity contribution in [3.8, 4) is 0 Å². The van der Waals surface area contributed by atoms with Crippen LogP contribution in [-0.4, -0.2) is 22.6 Å². The minimum Gasteiger partial charge on any atom is -0.481 e. The van der Waals surface area contributed by atoms with Gasteiger partial charge in [-0.05, 0) is 41.8 Å². The maximum absolute atomic E-state index is 13.4. The molecule has 2 aromatic rings. The molecule has 0 radical (unpaired) electrons. The molecule has 0 aliphatic carbocycles. The Bertz CT molecular complexity index is 604. The summed E-state index contributed by atoms with van der Waals surface area (Å²) in [4.78, 5) is 15.6. The monoisotopic (exact) mass is 274 g/mol. The summed E-state index contributed by atoms with van der Waals surface area (Å²) >= 11 is 0. The fourth-order valence-electron chi connectivity index (χ4n) is 2.21. The molecule has 0 aliphatic heterocycles. The average Bonchev–Trinajstić information content (AvgIpc) is 2.45. The molecular formula is C15H15FN2O2. The molecule has 0 saturated heterocycles. The third-order valence-corrected chi connectivity index (χ3v) is 3.39. The lowest BCUT2D eigenvalue weighted by Gasteiger charge is -2.28. The second kappa shape index (κ2) is 5.79. The van der Waals surface area contributed by atoms with Crippen LogP contribution in [0.1, 0.15) is 11.1 Å². The highest BCUT2D eigenvalue weighted by atomic mass is 19.1. The smallest absolute Gasteiger partial charge is 0.315 e. The third-order valence-electron chi connectivity index (χ3n) is 3.39. The molecule has 2 rings (SSSR count). The van der Waals surface area contributed by atoms with Gasteiger partial charge in [0.25, 0.3) is 0 Å². The topological polar surface area (TPSA) is 76.2 Å². The van der Waals surface area contributed by atoms with E-state index in [9.17, 15) is 14.3 Å². The SMILES string of the molecule is NCC(Cc1ccncc1)(C(=O)O)c1cccc(F)c1. The molecule has 3 N–H and O–H groups in total. The summed E-state index contributed by atoms with van der Waals surface area (Å²) < 4.78 is 13.4. The van der Waals surface area contributed by atoms with Crippen LogP contribution in [0, 0.1) is 5.82 Å². The number of hydrogen-bond donors (Lipinski definition) is 2. The molecule has 0 amide bonds. The Kier molecular flexibility index (Phi) is 4.10. The van der Waals surface area contributed by atoms with Crippen molar-refractivity contribution in [1.82, 2.24) is 4.98 Å². The highest BCUT2D eigenvalue weighted by Crippen LogP contribution is 2.28. The first-order valence-electron chi connectivity index (χ1n) is 6.17. The number of benzene rings is 1. The summed E-state index contributed by atoms with van der Waals surface area (Å²) in [6.45, 7) is -0.117. The molecule has 4 nitrogen and oxygen atoms in total. The number of halogens is 1. The summed E-state index contributed by atoms with van der Waals surface area (Å²) in [5.74, 6) is -1.54. The average molecular weight is 274 g/mol. The molecule has 5 heteroatoms. The van der Waals surface area contributed by atoms with Gasteiger partial charge in [0.2, 0.25) is 0 Å². The van der Waals surface area contributed by atoms with E-state index in [1.165, 1.54) is 18.2 Å². The summed E-state index contributed by atoms with van der Waals surface area (Å²) in [5, 5.41) is 9.61. The summed E-state index contributed by atoms with van der Waals surface area (Å²) in [6, 6.07) is 9.04. The van der Waals surface area contributed by atoms with E-state index in [0.717, 1.165) is 5.56 Å². The lowest BCUT2D eigenvalue weighted by molar-refractivity contribution is -0.143. The second-order valence-corrected chi connectivity index (χ2v) is 4.63. The Morgan fingerprint density at radius 1 is 1.30 bits per heavy atom. The quantitative estimate of drug-likeness (QED) is 0.870. The van der Waals surface area contributed by atoms with Gasteiger partial charge >= 0.3 is 5.97 Å². The largest absolute Gasteiger partial charge is 0.481 e. The Labute approximate surface area is 116 Å². The maximum Gasteiger partial charge on any atom is 0.315 e. The van der Waals surface area contributed by atoms with Gasteiger partial charge in [0.15, 0.2) is 0 Å². The van der Waals surface area contributed by atoms with Crippen LogP contribution >= 0.6 is 0 Å². The fourth-order valence-corrected chi connectivity index (χ4v) is 2.21. The van der Waals surface area contributed by atoms with Crippen LogP contribution in [0.2, 0.25) is 0 Å². The van der Waals surface area contributed by atoms with Crippen molar-refractivity contribution < 1.29 is 14.3 Å². The van der Waals surface area contributed by atoms with Gasteiger partial charge in [-0.1, -0.05) is 12.1 Å². The third kappa shape index (κ3) is 2.67. The molecular weight excluding hydrogens is 259 g/mol. The highest BCUT2D eigenvalue weighted by molar-refractivity contribution is 5.82. The van der Waals surface area contributed by atoms with Crippen molar-refractivity contribution in [2.45, 2.75) is 11.8 Å². The van der Waals surface area contributed by atoms with Gasteiger partial charge in [-0.3, -0.25) is 9.78 Å². The molecule has 104 valence electrons. The number of nitrogens with zero attached hydrogens (tertiary/aromatic N) is 1. The molecule has 0 spiro atoms. The number of pyridine rings is 1. The number of aromatic nitrogens is 1. The van der Waals surface area contributed by atoms with Crippen LogP contribution in [0.25, 0.3) is 0 Å². The standard InChI is InChI=1S/C15H15FN2O2/c16-13-3-1-2-12(8-13)15(10-17,14(19)20)9-11-4-6-18-7-5-11/h1-8H,9-10,17H2,(H,19,20). The number of hydrogen-bond acceptors (Lipinski definition) is 3. The number of carboxylic acids is 1. The molecule has 1 unspecified atom stereocenters. The van der Waals surface area contributed by atoms with Crippen molar-refractivity contribution in [3.05, 3.63) is 65.7 Å². The van der Waals surface area contributed by atoms with Crippen LogP contribution in [-0.2, 0) is 16.6 Å². The maximum atomic E-state index is 13.4. The van der Waals surface area contributed by atoms with Gasteiger partial charge in [-0.2, -0.15) is 0 Å². The predicted octanol–water partition coefficient (Wildman–Crippen LogP) is 1.74. The van der Waals surface area contributed by atoms with Gasteiger partial charge in [0, 0.05) is 18.9 Å². The van der Waals surface area contributed by atoms with E-state index in [2.05, 4.69) is 4.98 Å². The summed E-state index contributed by atoms with van der Waals surface area (Å²) in [6.07, 6.45) is 3.36. The number of nitrogens with two attached hydrogens (primary N) is 1. The first-order valence-corrected chi connectivity index (χ1v) is 6.17. The van der Waals surface area contributed by atoms with Crippen molar-refractivity contribution in [1.29, 1.82) is 0 Å². The molecule has 0 fully saturated rings. The zero-order chi connectivity index (χ0) is 14.6. The first-order chi connectivity index (χ1) is 9.58. The van der Waals surface area contributed by atoms with Crippen molar-refractivity contribution >= 4 is 5.97 Å². The normalized spacial score (nSPS) is 13.7. The lowest BCUT2D eigenvalue weighted by Crippen LogP contribution is -2.45. The summed E-state index contributed by atoms with van der Waals surface area (Å²) in [5.41, 5.74) is 5.53. The molecule has 0 aliphatic rings. The van der Waals surface area contributed by atoms with E-state index in [4.69, 9.17) is 5.73 Å². The molecule has 0 saturated carbocycles. The van der Waals surface area contributed by atoms with Crippen molar-refractivity contribution in [3.63, 3.8) is 0 Å². The molecule has 0 bridgehead atoms. The number of carboxylic acid groups (broad SMARTS) is 1. The van der Waals surface area contributed by atoms with E-state index in [1.807, 2.05) is 0 Å². The number of carbonyl (C=O) groups is 1. The molecule has 1 atom stereocenters. The molecule has 1 aromatic heterocycles. The minimum atomic E-state index is -1.34. The van der Waals surface area contributed by atoms with E-state index < -0.39 is 17.2 Å². The number of rotatable bonds is 5. The lowest BCUT2D eigenvalue weighted by atomic mass is 9.75. The van der Waals surface area contributed by atoms with Gasteiger partial charge < -0.3 is 10.8 Å². The van der Waals surface area contributed by atoms with Crippen LogP contribution in [0.4, 0.5) is 4.39 Å². The second-order valence-electron chi connectivity index (χ2n) is 4.63. The van der Waals surface area contributed by atoms with Crippen LogP contribution < -0.4 is 5.73 Å². The molecule has 1 heterocycles. The van der Waals surface area contributed by atoms with Gasteiger partial charge in [0.1, 0.15) is 11.2 Å². The van der Waals surface area contributed by atoms with E-state index in [1.54, 1.807) is 30.6 Å². The van der Waals surface area contributed by atoms with Gasteiger partial charge in [-0.15, -0.1) is 0 Å². The Morgan fingerprint density at radius 3 is 2.55 bits per heavy atom. The Morgan fingerprint density at radius 2 is 2.00 bits per heavy atom. The zero-order valence-corrected chi connectivity index (χ0v) is 10.8. The molecule has 1 aromatic carbocycles. The van der Waals surface area contributed by atoms with Crippen molar-refractivity contribution in [2.75, 3.05) is 6.54 Å². The molecule has 20 heavy (non-hydrogen) atoms. The van der Waals surface area contributed by atoms with Gasteiger partial charge in [-0.25, -0.2) is 4.39 Å².